The van der Waals surface area contributed by atoms with E-state index in [9.17, 15) is 14.8 Å². The molecule has 0 radical (unpaired) electrons. The number of hydrogen-bond acceptors (Lipinski definition) is 6. The maximum Gasteiger partial charge on any atom is 0.343 e. The van der Waals surface area contributed by atoms with Crippen LogP contribution in [0.1, 0.15) is 13.8 Å². The molecule has 17 heavy (non-hydrogen) atoms. The number of hydrogen-bond donors (Lipinski definition) is 2. The van der Waals surface area contributed by atoms with Crippen molar-refractivity contribution in [1.29, 1.82) is 0 Å². The molecule has 1 aliphatic heterocycles. The lowest BCUT2D eigenvalue weighted by molar-refractivity contribution is 0.122. The molecule has 2 N–H and O–H groups in total. The first-order valence-corrected chi connectivity index (χ1v) is 7.20. The van der Waals surface area contributed by atoms with E-state index in [1.807, 2.05) is 0 Å². The Kier molecular flexibility index (Phi) is 5.62. The van der Waals surface area contributed by atoms with Gasteiger partial charge in [-0.1, -0.05) is 0 Å². The van der Waals surface area contributed by atoms with E-state index in [0.29, 0.717) is 0 Å². The second-order valence-electron chi connectivity index (χ2n) is 3.52. The van der Waals surface area contributed by atoms with Crippen molar-refractivity contribution in [1.82, 2.24) is 0 Å². The van der Waals surface area contributed by atoms with Gasteiger partial charge in [-0.2, -0.15) is 0 Å². The zero-order chi connectivity index (χ0) is 12.9. The van der Waals surface area contributed by atoms with Crippen LogP contribution in [0.3, 0.4) is 0 Å². The van der Waals surface area contributed by atoms with Gasteiger partial charge >= 0.3 is 7.60 Å². The summed E-state index contributed by atoms with van der Waals surface area (Å²) in [5.41, 5.74) is -0.875. The molecule has 1 heterocycles. The minimum atomic E-state index is -3.46. The number of ether oxygens (including phenoxy) is 1. The Labute approximate surface area is 101 Å². The van der Waals surface area contributed by atoms with E-state index >= 15 is 0 Å². The largest absolute Gasteiger partial charge is 0.494 e. The molecule has 2 atom stereocenters. The molecule has 0 bridgehead atoms. The third-order valence-corrected chi connectivity index (χ3v) is 4.70. The minimum Gasteiger partial charge on any atom is -0.494 e. The molecule has 0 aromatic rings. The van der Waals surface area contributed by atoms with Crippen molar-refractivity contribution < 1.29 is 28.6 Å². The van der Waals surface area contributed by atoms with Gasteiger partial charge in [0.2, 0.25) is 0 Å². The van der Waals surface area contributed by atoms with Crippen LogP contribution in [0.2, 0.25) is 0 Å². The van der Waals surface area contributed by atoms with Crippen LogP contribution in [0.5, 0.6) is 0 Å². The van der Waals surface area contributed by atoms with Gasteiger partial charge in [-0.25, -0.2) is 0 Å². The summed E-state index contributed by atoms with van der Waals surface area (Å²) >= 11 is 0. The highest BCUT2D eigenvalue weighted by atomic mass is 31.2. The Bertz CT molecular complexity index is 306. The maximum absolute atomic E-state index is 12.4. The summed E-state index contributed by atoms with van der Waals surface area (Å²) in [6.45, 7) is 3.49. The average molecular weight is 266 g/mol. The highest BCUT2D eigenvalue weighted by Gasteiger charge is 2.40. The molecule has 6 nitrogen and oxygen atoms in total. The third-order valence-electron chi connectivity index (χ3n) is 2.28. The first kappa shape index (κ1) is 14.7. The molecule has 0 spiro atoms. The van der Waals surface area contributed by atoms with Crippen LogP contribution < -0.4 is 0 Å². The number of aliphatic hydroxyl groups is 2. The van der Waals surface area contributed by atoms with Gasteiger partial charge in [0.1, 0.15) is 24.1 Å². The normalized spacial score (nSPS) is 22.1. The number of rotatable bonds is 7. The van der Waals surface area contributed by atoms with Gasteiger partial charge < -0.3 is 24.0 Å². The Morgan fingerprint density at radius 1 is 1.53 bits per heavy atom. The highest BCUT2D eigenvalue weighted by Crippen LogP contribution is 2.55. The summed E-state index contributed by atoms with van der Waals surface area (Å²) in [6, 6.07) is 0. The highest BCUT2D eigenvalue weighted by molar-refractivity contribution is 7.55. The third kappa shape index (κ3) is 3.53. The first-order valence-electron chi connectivity index (χ1n) is 5.59. The maximum atomic E-state index is 12.4. The van der Waals surface area contributed by atoms with Crippen LogP contribution in [-0.4, -0.2) is 48.4 Å². The molecule has 0 amide bonds. The van der Waals surface area contributed by atoms with Gasteiger partial charge in [-0.3, -0.25) is 4.57 Å². The fraction of sp³-hybridized carbons (Fsp3) is 0.800. The van der Waals surface area contributed by atoms with E-state index in [4.69, 9.17) is 13.8 Å². The lowest BCUT2D eigenvalue weighted by Gasteiger charge is -2.25. The molecule has 1 aliphatic rings. The van der Waals surface area contributed by atoms with E-state index in [1.54, 1.807) is 13.8 Å². The van der Waals surface area contributed by atoms with Gasteiger partial charge in [0.25, 0.3) is 0 Å². The van der Waals surface area contributed by atoms with E-state index in [1.165, 1.54) is 6.08 Å². The molecule has 1 unspecified atom stereocenters. The molecule has 0 aromatic heterocycles. The Hall–Kier alpha value is -0.390. The lowest BCUT2D eigenvalue weighted by Crippen LogP contribution is -2.20. The van der Waals surface area contributed by atoms with Crippen molar-refractivity contribution in [3.8, 4) is 0 Å². The van der Waals surface area contributed by atoms with Crippen LogP contribution in [0.25, 0.3) is 0 Å². The molecule has 0 aliphatic carbocycles. The Morgan fingerprint density at radius 3 is 2.47 bits per heavy atom. The van der Waals surface area contributed by atoms with E-state index < -0.39 is 26.0 Å². The standard InChI is InChI=1S/C10H19O6P/c1-3-15-17(13,16-4-2)10(6-11)9-5-8(12)7-14-9/h5,8,10-12H,3-4,6-7H2,1-2H3/t8-,10?/m1/s1. The molecule has 1 rings (SSSR count). The molecule has 0 saturated carbocycles. The zero-order valence-corrected chi connectivity index (χ0v) is 10.9. The second kappa shape index (κ2) is 6.52. The van der Waals surface area contributed by atoms with Crippen molar-refractivity contribution in [2.75, 3.05) is 26.4 Å². The van der Waals surface area contributed by atoms with Gasteiger partial charge in [-0.15, -0.1) is 0 Å². The quantitative estimate of drug-likeness (QED) is 0.666. The fourth-order valence-electron chi connectivity index (χ4n) is 1.60. The van der Waals surface area contributed by atoms with E-state index in [2.05, 4.69) is 0 Å². The summed E-state index contributed by atoms with van der Waals surface area (Å²) in [7, 11) is -3.46. The second-order valence-corrected chi connectivity index (χ2v) is 5.74. The van der Waals surface area contributed by atoms with Crippen LogP contribution >= 0.6 is 7.60 Å². The zero-order valence-electron chi connectivity index (χ0n) is 10.0. The van der Waals surface area contributed by atoms with Crippen molar-refractivity contribution >= 4 is 7.60 Å². The minimum absolute atomic E-state index is 0.101. The first-order chi connectivity index (χ1) is 8.07. The molecular formula is C10H19O6P. The van der Waals surface area contributed by atoms with Gasteiger partial charge in [0, 0.05) is 0 Å². The molecule has 0 aromatic carbocycles. The summed E-state index contributed by atoms with van der Waals surface area (Å²) in [5, 5.41) is 18.6. The van der Waals surface area contributed by atoms with E-state index in [0.717, 1.165) is 0 Å². The van der Waals surface area contributed by atoms with Crippen molar-refractivity contribution in [2.24, 2.45) is 0 Å². The molecule has 0 saturated heterocycles. The van der Waals surface area contributed by atoms with Crippen LogP contribution in [0.4, 0.5) is 0 Å². The predicted molar refractivity (Wildman–Crippen MR) is 61.8 cm³/mol. The topological polar surface area (TPSA) is 85.2 Å². The van der Waals surface area contributed by atoms with Crippen LogP contribution in [0.15, 0.2) is 11.8 Å². The summed E-state index contributed by atoms with van der Waals surface area (Å²) < 4.78 is 27.9. The Morgan fingerprint density at radius 2 is 2.12 bits per heavy atom. The van der Waals surface area contributed by atoms with Crippen molar-refractivity contribution in [2.45, 2.75) is 25.6 Å². The van der Waals surface area contributed by atoms with Crippen molar-refractivity contribution in [3.05, 3.63) is 11.8 Å². The van der Waals surface area contributed by atoms with Gasteiger partial charge in [0.15, 0.2) is 0 Å². The molecule has 100 valence electrons. The smallest absolute Gasteiger partial charge is 0.343 e. The lowest BCUT2D eigenvalue weighted by atomic mass is 10.3. The average Bonchev–Trinajstić information content (AvgIpc) is 2.66. The summed E-state index contributed by atoms with van der Waals surface area (Å²) in [4.78, 5) is 0. The SMILES string of the molecule is CCOP(=O)(OCC)C(CO)C1=C[C@@H](O)CO1. The predicted octanol–water partition coefficient (Wildman–Crippen LogP) is 0.888. The Balaban J connectivity index is 2.89. The van der Waals surface area contributed by atoms with Crippen LogP contribution in [0, 0.1) is 0 Å². The van der Waals surface area contributed by atoms with Gasteiger partial charge in [-0.05, 0) is 19.9 Å². The summed E-state index contributed by atoms with van der Waals surface area (Å²) in [6.07, 6.45) is 0.682. The summed E-state index contributed by atoms with van der Waals surface area (Å²) in [5.74, 6) is 0.269. The van der Waals surface area contributed by atoms with E-state index in [-0.39, 0.29) is 25.6 Å². The fourth-order valence-corrected chi connectivity index (χ4v) is 3.42. The molecule has 7 heteroatoms. The van der Waals surface area contributed by atoms with Gasteiger partial charge in [0.05, 0.1) is 19.8 Å². The monoisotopic (exact) mass is 266 g/mol. The molecular weight excluding hydrogens is 247 g/mol. The number of aliphatic hydroxyl groups excluding tert-OH is 2. The molecule has 0 fully saturated rings. The van der Waals surface area contributed by atoms with Crippen molar-refractivity contribution in [3.63, 3.8) is 0 Å². The van der Waals surface area contributed by atoms with Crippen LogP contribution in [-0.2, 0) is 18.3 Å².